The van der Waals surface area contributed by atoms with Crippen LogP contribution in [0.1, 0.15) is 25.8 Å². The molecule has 0 bridgehead atoms. The number of aromatic nitrogens is 2. The Morgan fingerprint density at radius 3 is 3.00 bits per heavy atom. The monoisotopic (exact) mass is 454 g/mol. The summed E-state index contributed by atoms with van der Waals surface area (Å²) in [5, 5.41) is 16.6. The Hall–Kier alpha value is -2.91. The third-order valence-corrected chi connectivity index (χ3v) is 7.69. The molecule has 2 N–H and O–H groups in total. The van der Waals surface area contributed by atoms with Crippen LogP contribution in [0.2, 0.25) is 0 Å². The number of hydrogen-bond donors (Lipinski definition) is 2. The fraction of sp³-hybridized carbons (Fsp3) is 0.435. The summed E-state index contributed by atoms with van der Waals surface area (Å²) in [7, 11) is 0. The van der Waals surface area contributed by atoms with Gasteiger partial charge in [0.05, 0.1) is 0 Å². The van der Waals surface area contributed by atoms with Gasteiger partial charge in [-0.3, -0.25) is 4.79 Å². The number of aliphatic carboxylic acids is 1. The highest BCUT2D eigenvalue weighted by molar-refractivity contribution is 7.16. The SMILES string of the molecule is CC1C(C)C(NCCc2ccc3c(c2)OCO3)(C(=O)O)CCN1c1ncc2ccsc2n1. The average Bonchev–Trinajstić information content (AvgIpc) is 3.45. The maximum Gasteiger partial charge on any atom is 0.324 e. The van der Waals surface area contributed by atoms with Gasteiger partial charge in [-0.2, -0.15) is 0 Å². The lowest BCUT2D eigenvalue weighted by atomic mass is 9.74. The molecule has 3 aromatic rings. The largest absolute Gasteiger partial charge is 0.480 e. The van der Waals surface area contributed by atoms with Crippen molar-refractivity contribution in [1.82, 2.24) is 15.3 Å². The van der Waals surface area contributed by atoms with E-state index in [0.717, 1.165) is 27.3 Å². The molecular weight excluding hydrogens is 428 g/mol. The fourth-order valence-electron chi connectivity index (χ4n) is 4.73. The first-order valence-corrected chi connectivity index (χ1v) is 11.7. The molecule has 0 radical (unpaired) electrons. The summed E-state index contributed by atoms with van der Waals surface area (Å²) in [5.74, 6) is 1.21. The lowest BCUT2D eigenvalue weighted by Gasteiger charge is -2.48. The zero-order chi connectivity index (χ0) is 22.3. The van der Waals surface area contributed by atoms with E-state index in [9.17, 15) is 9.90 Å². The van der Waals surface area contributed by atoms with Crippen molar-refractivity contribution in [2.75, 3.05) is 24.8 Å². The Kier molecular flexibility index (Phi) is 5.38. The number of thiophene rings is 1. The van der Waals surface area contributed by atoms with E-state index in [1.165, 1.54) is 0 Å². The molecule has 2 aliphatic rings. The molecule has 5 rings (SSSR count). The van der Waals surface area contributed by atoms with Crippen molar-refractivity contribution in [3.63, 3.8) is 0 Å². The molecule has 1 saturated heterocycles. The number of rotatable bonds is 6. The first-order valence-electron chi connectivity index (χ1n) is 10.8. The lowest BCUT2D eigenvalue weighted by molar-refractivity contribution is -0.148. The molecule has 168 valence electrons. The van der Waals surface area contributed by atoms with Gasteiger partial charge in [-0.25, -0.2) is 9.97 Å². The highest BCUT2D eigenvalue weighted by Gasteiger charge is 2.50. The fourth-order valence-corrected chi connectivity index (χ4v) is 5.47. The standard InChI is InChI=1S/C23H26N4O4S/c1-14-15(2)27(22-24-12-17-6-10-32-20(17)26-22)9-7-23(14,21(28)29)25-8-5-16-3-4-18-19(11-16)31-13-30-18/h3-4,6,10-12,14-15,25H,5,7-9,13H2,1-2H3,(H,28,29). The number of fused-ring (bicyclic) bond motifs is 2. The number of nitrogens with one attached hydrogen (secondary N) is 1. The van der Waals surface area contributed by atoms with Crippen molar-refractivity contribution in [2.45, 2.75) is 38.3 Å². The normalized spacial score (nSPS) is 24.8. The topological polar surface area (TPSA) is 96.8 Å². The van der Waals surface area contributed by atoms with Crippen LogP contribution in [0.15, 0.2) is 35.8 Å². The van der Waals surface area contributed by atoms with Crippen LogP contribution >= 0.6 is 11.3 Å². The van der Waals surface area contributed by atoms with E-state index in [4.69, 9.17) is 14.5 Å². The molecule has 1 fully saturated rings. The molecule has 2 aliphatic heterocycles. The predicted molar refractivity (Wildman–Crippen MR) is 123 cm³/mol. The van der Waals surface area contributed by atoms with Gasteiger partial charge in [0.25, 0.3) is 0 Å². The Labute approximate surface area is 190 Å². The van der Waals surface area contributed by atoms with Crippen LogP contribution in [0.3, 0.4) is 0 Å². The Balaban J connectivity index is 1.30. The van der Waals surface area contributed by atoms with E-state index < -0.39 is 11.5 Å². The van der Waals surface area contributed by atoms with Crippen LogP contribution in [-0.2, 0) is 11.2 Å². The predicted octanol–water partition coefficient (Wildman–Crippen LogP) is 3.31. The number of ether oxygens (including phenoxy) is 2. The Morgan fingerprint density at radius 2 is 2.16 bits per heavy atom. The first-order chi connectivity index (χ1) is 15.5. The average molecular weight is 455 g/mol. The second kappa shape index (κ2) is 8.22. The maximum atomic E-state index is 12.5. The zero-order valence-corrected chi connectivity index (χ0v) is 18.9. The van der Waals surface area contributed by atoms with Crippen molar-refractivity contribution >= 4 is 33.5 Å². The lowest BCUT2D eigenvalue weighted by Crippen LogP contribution is -2.66. The highest BCUT2D eigenvalue weighted by atomic mass is 32.1. The van der Waals surface area contributed by atoms with Gasteiger partial charge < -0.3 is 24.8 Å². The summed E-state index contributed by atoms with van der Waals surface area (Å²) < 4.78 is 10.8. The van der Waals surface area contributed by atoms with Crippen molar-refractivity contribution in [1.29, 1.82) is 0 Å². The van der Waals surface area contributed by atoms with E-state index in [1.807, 2.05) is 42.8 Å². The van der Waals surface area contributed by atoms with Crippen LogP contribution in [0, 0.1) is 5.92 Å². The number of anilines is 1. The summed E-state index contributed by atoms with van der Waals surface area (Å²) in [5.41, 5.74) is 0.0808. The molecule has 0 amide bonds. The molecule has 32 heavy (non-hydrogen) atoms. The Morgan fingerprint density at radius 1 is 1.31 bits per heavy atom. The van der Waals surface area contributed by atoms with E-state index in [2.05, 4.69) is 22.1 Å². The van der Waals surface area contributed by atoms with Crippen molar-refractivity contribution in [3.8, 4) is 11.5 Å². The summed E-state index contributed by atoms with van der Waals surface area (Å²) in [6.07, 6.45) is 3.02. The van der Waals surface area contributed by atoms with Crippen molar-refractivity contribution < 1.29 is 19.4 Å². The van der Waals surface area contributed by atoms with Crippen LogP contribution in [-0.4, -0.2) is 52.5 Å². The van der Waals surface area contributed by atoms with Gasteiger partial charge in [0.1, 0.15) is 10.4 Å². The highest BCUT2D eigenvalue weighted by Crippen LogP contribution is 2.36. The van der Waals surface area contributed by atoms with Crippen LogP contribution in [0.25, 0.3) is 10.2 Å². The molecule has 0 spiro atoms. The van der Waals surface area contributed by atoms with Gasteiger partial charge in [-0.1, -0.05) is 13.0 Å². The number of piperidine rings is 1. The third-order valence-electron chi connectivity index (χ3n) is 6.86. The number of carboxylic acids is 1. The maximum absolute atomic E-state index is 12.5. The van der Waals surface area contributed by atoms with Gasteiger partial charge in [0.2, 0.25) is 12.7 Å². The summed E-state index contributed by atoms with van der Waals surface area (Å²) in [4.78, 5) is 24.8. The van der Waals surface area contributed by atoms with Gasteiger partial charge in [-0.15, -0.1) is 11.3 Å². The molecule has 8 nitrogen and oxygen atoms in total. The molecule has 1 aromatic carbocycles. The van der Waals surface area contributed by atoms with E-state index >= 15 is 0 Å². The number of nitrogens with zero attached hydrogens (tertiary/aromatic N) is 3. The zero-order valence-electron chi connectivity index (χ0n) is 18.1. The first kappa shape index (κ1) is 21.0. The van der Waals surface area contributed by atoms with Gasteiger partial charge in [0.15, 0.2) is 11.5 Å². The number of benzene rings is 1. The molecule has 0 aliphatic carbocycles. The summed E-state index contributed by atoms with van der Waals surface area (Å²) in [6, 6.07) is 7.83. The van der Waals surface area contributed by atoms with Crippen LogP contribution in [0.4, 0.5) is 5.95 Å². The second-order valence-electron chi connectivity index (χ2n) is 8.46. The van der Waals surface area contributed by atoms with E-state index in [-0.39, 0.29) is 18.8 Å². The van der Waals surface area contributed by atoms with Gasteiger partial charge in [0, 0.05) is 36.6 Å². The quantitative estimate of drug-likeness (QED) is 0.586. The molecule has 3 unspecified atom stereocenters. The third kappa shape index (κ3) is 3.55. The van der Waals surface area contributed by atoms with Crippen LogP contribution < -0.4 is 19.7 Å². The van der Waals surface area contributed by atoms with Gasteiger partial charge >= 0.3 is 5.97 Å². The Bertz CT molecular complexity index is 1150. The molecule has 0 saturated carbocycles. The molecular formula is C23H26N4O4S. The summed E-state index contributed by atoms with van der Waals surface area (Å²) in [6.45, 7) is 5.44. The minimum Gasteiger partial charge on any atom is -0.480 e. The minimum atomic E-state index is -1.00. The van der Waals surface area contributed by atoms with Gasteiger partial charge in [-0.05, 0) is 48.9 Å². The number of carboxylic acid groups (broad SMARTS) is 1. The number of hydrogen-bond acceptors (Lipinski definition) is 8. The minimum absolute atomic E-state index is 0.0321. The van der Waals surface area contributed by atoms with Crippen molar-refractivity contribution in [2.24, 2.45) is 5.92 Å². The number of carbonyl (C=O) groups is 1. The molecule has 4 heterocycles. The summed E-state index contributed by atoms with van der Waals surface area (Å²) >= 11 is 1.59. The van der Waals surface area contributed by atoms with Crippen molar-refractivity contribution in [3.05, 3.63) is 41.4 Å². The smallest absolute Gasteiger partial charge is 0.324 e. The second-order valence-corrected chi connectivity index (χ2v) is 9.36. The molecule has 2 aromatic heterocycles. The van der Waals surface area contributed by atoms with Crippen LogP contribution in [0.5, 0.6) is 11.5 Å². The molecule has 9 heteroatoms. The van der Waals surface area contributed by atoms with E-state index in [0.29, 0.717) is 31.9 Å². The van der Waals surface area contributed by atoms with E-state index in [1.54, 1.807) is 11.3 Å². The molecule has 3 atom stereocenters.